The molecule has 0 nitrogen and oxygen atoms in total. The predicted octanol–water partition coefficient (Wildman–Crippen LogP) is 6.63. The molecule has 0 radical (unpaired) electrons. The van der Waals surface area contributed by atoms with Gasteiger partial charge in [0.1, 0.15) is 0 Å². The van der Waals surface area contributed by atoms with Crippen LogP contribution in [0.1, 0.15) is 33.4 Å². The molecule has 1 heteroatoms. The van der Waals surface area contributed by atoms with E-state index in [1.165, 1.54) is 48.1 Å². The van der Waals surface area contributed by atoms with Gasteiger partial charge < -0.3 is 0 Å². The maximum absolute atomic E-state index is 2.35. The van der Waals surface area contributed by atoms with Gasteiger partial charge in [0.2, 0.25) is 0 Å². The average Bonchev–Trinajstić information content (AvgIpc) is 2.44. The zero-order valence-corrected chi connectivity index (χ0v) is 16.9. The summed E-state index contributed by atoms with van der Waals surface area (Å²) < 4.78 is 0. The van der Waals surface area contributed by atoms with Crippen molar-refractivity contribution in [3.8, 4) is 0 Å². The lowest BCUT2D eigenvalue weighted by Crippen LogP contribution is -2.07. The molecule has 3 aromatic rings. The van der Waals surface area contributed by atoms with Gasteiger partial charge in [0.25, 0.3) is 0 Å². The molecule has 0 aromatic heterocycles. The molecule has 0 unspecified atom stereocenters. The Labute approximate surface area is 155 Å². The van der Waals surface area contributed by atoms with Gasteiger partial charge in [0.05, 0.1) is 10.9 Å². The Morgan fingerprint density at radius 1 is 0.360 bits per heavy atom. The summed E-state index contributed by atoms with van der Waals surface area (Å²) in [6, 6.07) is 20.9. The number of benzene rings is 3. The molecule has 0 N–H and O–H groups in total. The molecular formula is C24H27S+. The minimum absolute atomic E-state index is 0.0763. The van der Waals surface area contributed by atoms with Gasteiger partial charge in [-0.1, -0.05) is 18.2 Å². The molecule has 0 fully saturated rings. The highest BCUT2D eigenvalue weighted by Gasteiger charge is 2.30. The van der Waals surface area contributed by atoms with Crippen LogP contribution in [0, 0.1) is 41.5 Å². The molecule has 128 valence electrons. The van der Waals surface area contributed by atoms with Crippen LogP contribution in [0.5, 0.6) is 0 Å². The fraction of sp³-hybridized carbons (Fsp3) is 0.250. The third-order valence-electron chi connectivity index (χ3n) is 4.29. The molecule has 0 aliphatic carbocycles. The van der Waals surface area contributed by atoms with Crippen molar-refractivity contribution in [2.45, 2.75) is 56.2 Å². The Hall–Kier alpha value is -1.99. The van der Waals surface area contributed by atoms with Gasteiger partial charge in [-0.05, 0) is 111 Å². The summed E-state index contributed by atoms with van der Waals surface area (Å²) in [5, 5.41) is 0. The van der Waals surface area contributed by atoms with Crippen molar-refractivity contribution in [2.75, 3.05) is 0 Å². The van der Waals surface area contributed by atoms with Crippen molar-refractivity contribution >= 4 is 10.9 Å². The summed E-state index contributed by atoms with van der Waals surface area (Å²) in [5.41, 5.74) is 8.01. The van der Waals surface area contributed by atoms with Gasteiger partial charge in [-0.15, -0.1) is 0 Å². The smallest absolute Gasteiger partial charge is 0.0560 e. The Balaban J connectivity index is 2.27. The highest BCUT2D eigenvalue weighted by atomic mass is 32.2. The molecule has 0 atom stereocenters. The summed E-state index contributed by atoms with van der Waals surface area (Å²) in [6.45, 7) is 13.2. The first-order valence-electron chi connectivity index (χ1n) is 8.81. The third-order valence-corrected chi connectivity index (χ3v) is 6.41. The standard InChI is InChI=1S/C24H27S/c1-16-7-17(2)11-22(10-16)25(23-12-18(3)8-19(4)13-23)24-14-20(5)9-21(6)15-24/h7-15H,1-6H3/q+1. The van der Waals surface area contributed by atoms with Crippen molar-refractivity contribution in [3.63, 3.8) is 0 Å². The monoisotopic (exact) mass is 347 g/mol. The molecule has 0 aliphatic rings. The highest BCUT2D eigenvalue weighted by Crippen LogP contribution is 2.34. The van der Waals surface area contributed by atoms with Crippen molar-refractivity contribution in [2.24, 2.45) is 0 Å². The molecule has 3 aromatic carbocycles. The molecule has 3 rings (SSSR count). The van der Waals surface area contributed by atoms with Crippen LogP contribution in [0.4, 0.5) is 0 Å². The third kappa shape index (κ3) is 4.16. The maximum atomic E-state index is 2.35. The minimum atomic E-state index is -0.0763. The zero-order valence-electron chi connectivity index (χ0n) is 16.1. The summed E-state index contributed by atoms with van der Waals surface area (Å²) >= 11 is 0. The fourth-order valence-electron chi connectivity index (χ4n) is 3.56. The normalized spacial score (nSPS) is 11.2. The summed E-state index contributed by atoms with van der Waals surface area (Å²) in [6.07, 6.45) is 0. The molecule has 0 aliphatic heterocycles. The summed E-state index contributed by atoms with van der Waals surface area (Å²) in [4.78, 5) is 4.23. The van der Waals surface area contributed by atoms with Crippen molar-refractivity contribution in [3.05, 3.63) is 88.0 Å². The van der Waals surface area contributed by atoms with Gasteiger partial charge in [-0.25, -0.2) is 0 Å². The number of rotatable bonds is 3. The van der Waals surface area contributed by atoms with Crippen LogP contribution in [0.25, 0.3) is 0 Å². The second-order valence-corrected chi connectivity index (χ2v) is 9.30. The Kier molecular flexibility index (Phi) is 5.06. The first kappa shape index (κ1) is 17.8. The lowest BCUT2D eigenvalue weighted by Gasteiger charge is -2.12. The second kappa shape index (κ2) is 7.09. The van der Waals surface area contributed by atoms with Crippen LogP contribution in [-0.2, 0) is 10.9 Å². The van der Waals surface area contributed by atoms with Crippen molar-refractivity contribution in [1.29, 1.82) is 0 Å². The van der Waals surface area contributed by atoms with E-state index in [9.17, 15) is 0 Å². The predicted molar refractivity (Wildman–Crippen MR) is 110 cm³/mol. The quantitative estimate of drug-likeness (QED) is 0.466. The molecule has 0 amide bonds. The molecule has 0 heterocycles. The van der Waals surface area contributed by atoms with Crippen LogP contribution in [0.2, 0.25) is 0 Å². The van der Waals surface area contributed by atoms with Gasteiger partial charge >= 0.3 is 0 Å². The van der Waals surface area contributed by atoms with Gasteiger partial charge in [0, 0.05) is 0 Å². The van der Waals surface area contributed by atoms with Crippen LogP contribution in [0.3, 0.4) is 0 Å². The van der Waals surface area contributed by atoms with Crippen LogP contribution >= 0.6 is 0 Å². The van der Waals surface area contributed by atoms with E-state index in [4.69, 9.17) is 0 Å². The van der Waals surface area contributed by atoms with E-state index in [2.05, 4.69) is 96.1 Å². The van der Waals surface area contributed by atoms with E-state index in [0.29, 0.717) is 0 Å². The molecule has 0 saturated heterocycles. The molecule has 0 saturated carbocycles. The highest BCUT2D eigenvalue weighted by molar-refractivity contribution is 7.97. The van der Waals surface area contributed by atoms with E-state index in [-0.39, 0.29) is 10.9 Å². The maximum Gasteiger partial charge on any atom is 0.167 e. The first-order chi connectivity index (χ1) is 11.8. The largest absolute Gasteiger partial charge is 0.167 e. The Morgan fingerprint density at radius 2 is 0.560 bits per heavy atom. The van der Waals surface area contributed by atoms with Crippen LogP contribution < -0.4 is 0 Å². The average molecular weight is 348 g/mol. The van der Waals surface area contributed by atoms with Crippen LogP contribution in [0.15, 0.2) is 69.3 Å². The van der Waals surface area contributed by atoms with Gasteiger partial charge in [-0.2, -0.15) is 0 Å². The second-order valence-electron chi connectivity index (χ2n) is 7.28. The zero-order chi connectivity index (χ0) is 18.1. The Bertz CT molecular complexity index is 738. The van der Waals surface area contributed by atoms with E-state index in [1.807, 2.05) is 0 Å². The summed E-state index contributed by atoms with van der Waals surface area (Å²) in [5.74, 6) is 0. The lowest BCUT2D eigenvalue weighted by atomic mass is 10.1. The van der Waals surface area contributed by atoms with Crippen molar-refractivity contribution < 1.29 is 0 Å². The first-order valence-corrected chi connectivity index (χ1v) is 10.0. The molecule has 25 heavy (non-hydrogen) atoms. The van der Waals surface area contributed by atoms with E-state index >= 15 is 0 Å². The van der Waals surface area contributed by atoms with Gasteiger partial charge in [-0.3, -0.25) is 0 Å². The van der Waals surface area contributed by atoms with Crippen molar-refractivity contribution in [1.82, 2.24) is 0 Å². The summed E-state index contributed by atoms with van der Waals surface area (Å²) in [7, 11) is -0.0763. The molecular weight excluding hydrogens is 320 g/mol. The number of hydrogen-bond acceptors (Lipinski definition) is 0. The van der Waals surface area contributed by atoms with Crippen LogP contribution in [-0.4, -0.2) is 0 Å². The molecule has 0 bridgehead atoms. The number of hydrogen-bond donors (Lipinski definition) is 0. The van der Waals surface area contributed by atoms with E-state index in [0.717, 1.165) is 0 Å². The topological polar surface area (TPSA) is 0 Å². The minimum Gasteiger partial charge on any atom is -0.0560 e. The number of aryl methyl sites for hydroxylation is 6. The van der Waals surface area contributed by atoms with Gasteiger partial charge in [0.15, 0.2) is 14.7 Å². The van der Waals surface area contributed by atoms with E-state index < -0.39 is 0 Å². The molecule has 0 spiro atoms. The lowest BCUT2D eigenvalue weighted by molar-refractivity contribution is 1.21. The van der Waals surface area contributed by atoms with E-state index in [1.54, 1.807) is 0 Å². The SMILES string of the molecule is Cc1cc(C)cc([S+](c2cc(C)cc(C)c2)c2cc(C)cc(C)c2)c1. The fourth-order valence-corrected chi connectivity index (χ4v) is 6.20. The Morgan fingerprint density at radius 3 is 0.760 bits per heavy atom.